The van der Waals surface area contributed by atoms with Gasteiger partial charge in [-0.25, -0.2) is 4.98 Å². The minimum absolute atomic E-state index is 0.0960. The number of anilines is 1. The molecule has 1 aliphatic rings. The Morgan fingerprint density at radius 1 is 1.32 bits per heavy atom. The molecule has 0 aliphatic heterocycles. The van der Waals surface area contributed by atoms with Gasteiger partial charge >= 0.3 is 0 Å². The molecule has 0 saturated heterocycles. The van der Waals surface area contributed by atoms with Gasteiger partial charge in [0.1, 0.15) is 6.10 Å². The third-order valence-corrected chi connectivity index (χ3v) is 4.33. The highest BCUT2D eigenvalue weighted by molar-refractivity contribution is 7.09. The highest BCUT2D eigenvalue weighted by Crippen LogP contribution is 2.36. The van der Waals surface area contributed by atoms with Crippen LogP contribution in [0.15, 0.2) is 0 Å². The molecule has 1 atom stereocenters. The van der Waals surface area contributed by atoms with Gasteiger partial charge in [0, 0.05) is 24.7 Å². The summed E-state index contributed by atoms with van der Waals surface area (Å²) >= 11 is 1.46. The molecule has 1 aliphatic carbocycles. The Morgan fingerprint density at radius 2 is 2.11 bits per heavy atom. The lowest BCUT2D eigenvalue weighted by molar-refractivity contribution is 0.000642. The zero-order chi connectivity index (χ0) is 13.5. The van der Waals surface area contributed by atoms with Crippen molar-refractivity contribution in [3.05, 3.63) is 5.82 Å². The lowest BCUT2D eigenvalue weighted by Gasteiger charge is -2.28. The summed E-state index contributed by atoms with van der Waals surface area (Å²) in [4.78, 5) is 4.61. The Morgan fingerprint density at radius 3 is 2.79 bits per heavy atom. The van der Waals surface area contributed by atoms with Crippen LogP contribution in [0, 0.1) is 5.92 Å². The smallest absolute Gasteiger partial charge is 0.202 e. The molecule has 108 valence electrons. The SMILES string of the molecule is CCCNc1nc(C(OCC)C2CCCCC2)ns1. The van der Waals surface area contributed by atoms with E-state index < -0.39 is 0 Å². The molecule has 0 amide bonds. The zero-order valence-corrected chi connectivity index (χ0v) is 12.8. The van der Waals surface area contributed by atoms with Crippen molar-refractivity contribution in [2.45, 2.75) is 58.5 Å². The van der Waals surface area contributed by atoms with Gasteiger partial charge in [0.15, 0.2) is 5.82 Å². The van der Waals surface area contributed by atoms with E-state index in [1.807, 2.05) is 0 Å². The fourth-order valence-electron chi connectivity index (χ4n) is 2.69. The van der Waals surface area contributed by atoms with E-state index in [0.29, 0.717) is 5.92 Å². The molecule has 5 heteroatoms. The van der Waals surface area contributed by atoms with Crippen molar-refractivity contribution in [3.63, 3.8) is 0 Å². The monoisotopic (exact) mass is 283 g/mol. The quantitative estimate of drug-likeness (QED) is 0.821. The minimum atomic E-state index is 0.0960. The number of ether oxygens (including phenoxy) is 1. The van der Waals surface area contributed by atoms with E-state index in [-0.39, 0.29) is 6.10 Å². The first-order valence-electron chi connectivity index (χ1n) is 7.54. The molecule has 1 aromatic heterocycles. The Bertz CT molecular complexity index is 363. The van der Waals surface area contributed by atoms with Gasteiger partial charge in [0.25, 0.3) is 0 Å². The number of nitrogens with zero attached hydrogens (tertiary/aromatic N) is 2. The van der Waals surface area contributed by atoms with Crippen molar-refractivity contribution in [3.8, 4) is 0 Å². The molecule has 4 nitrogen and oxygen atoms in total. The van der Waals surface area contributed by atoms with Crippen LogP contribution in [0.3, 0.4) is 0 Å². The number of hydrogen-bond acceptors (Lipinski definition) is 5. The molecule has 0 radical (unpaired) electrons. The van der Waals surface area contributed by atoms with Crippen LogP contribution in [-0.2, 0) is 4.74 Å². The summed E-state index contributed by atoms with van der Waals surface area (Å²) in [6, 6.07) is 0. The molecule has 2 rings (SSSR count). The van der Waals surface area contributed by atoms with Crippen LogP contribution in [0.1, 0.15) is 64.3 Å². The second kappa shape index (κ2) is 7.80. The van der Waals surface area contributed by atoms with E-state index in [2.05, 4.69) is 28.5 Å². The van der Waals surface area contributed by atoms with Crippen LogP contribution < -0.4 is 5.32 Å². The third-order valence-electron chi connectivity index (χ3n) is 3.65. The van der Waals surface area contributed by atoms with Crippen molar-refractivity contribution >= 4 is 16.7 Å². The van der Waals surface area contributed by atoms with Crippen LogP contribution >= 0.6 is 11.5 Å². The Hall–Kier alpha value is -0.680. The predicted octanol–water partition coefficient (Wildman–Crippen LogP) is 4.02. The first-order chi connectivity index (χ1) is 9.35. The maximum absolute atomic E-state index is 5.94. The number of nitrogens with one attached hydrogen (secondary N) is 1. The van der Waals surface area contributed by atoms with E-state index in [1.54, 1.807) is 0 Å². The molecule has 1 aromatic rings. The maximum Gasteiger partial charge on any atom is 0.202 e. The molecule has 1 unspecified atom stereocenters. The lowest BCUT2D eigenvalue weighted by Crippen LogP contribution is -2.20. The fraction of sp³-hybridized carbons (Fsp3) is 0.857. The lowest BCUT2D eigenvalue weighted by atomic mass is 9.85. The number of hydrogen-bond donors (Lipinski definition) is 1. The molecule has 0 spiro atoms. The van der Waals surface area contributed by atoms with Crippen LogP contribution in [0.25, 0.3) is 0 Å². The van der Waals surface area contributed by atoms with E-state index in [0.717, 1.165) is 30.5 Å². The molecule has 1 heterocycles. The second-order valence-corrected chi connectivity index (χ2v) is 5.91. The molecule has 19 heavy (non-hydrogen) atoms. The van der Waals surface area contributed by atoms with Crippen LogP contribution in [0.2, 0.25) is 0 Å². The van der Waals surface area contributed by atoms with E-state index in [9.17, 15) is 0 Å². The average molecular weight is 283 g/mol. The third kappa shape index (κ3) is 4.14. The van der Waals surface area contributed by atoms with Crippen molar-refractivity contribution in [1.29, 1.82) is 0 Å². The zero-order valence-electron chi connectivity index (χ0n) is 12.0. The summed E-state index contributed by atoms with van der Waals surface area (Å²) in [6.45, 7) is 5.90. The molecule has 0 aromatic carbocycles. The summed E-state index contributed by atoms with van der Waals surface area (Å²) in [6.07, 6.45) is 7.70. The largest absolute Gasteiger partial charge is 0.370 e. The molecule has 0 bridgehead atoms. The van der Waals surface area contributed by atoms with Crippen molar-refractivity contribution in [2.24, 2.45) is 5.92 Å². The standard InChI is InChI=1S/C14H25N3OS/c1-3-10-15-14-16-13(17-19-14)12(18-4-2)11-8-6-5-7-9-11/h11-12H,3-10H2,1-2H3,(H,15,16,17). The number of aromatic nitrogens is 2. The van der Waals surface area contributed by atoms with Gasteiger partial charge in [-0.2, -0.15) is 4.37 Å². The highest BCUT2D eigenvalue weighted by Gasteiger charge is 2.28. The minimum Gasteiger partial charge on any atom is -0.370 e. The van der Waals surface area contributed by atoms with Crippen molar-refractivity contribution < 1.29 is 4.74 Å². The highest BCUT2D eigenvalue weighted by atomic mass is 32.1. The first-order valence-corrected chi connectivity index (χ1v) is 8.31. The molecule has 1 N–H and O–H groups in total. The maximum atomic E-state index is 5.94. The van der Waals surface area contributed by atoms with Gasteiger partial charge in [-0.05, 0) is 32.1 Å². The van der Waals surface area contributed by atoms with Crippen molar-refractivity contribution in [1.82, 2.24) is 9.36 Å². The summed E-state index contributed by atoms with van der Waals surface area (Å²) < 4.78 is 10.4. The summed E-state index contributed by atoms with van der Waals surface area (Å²) in [5.41, 5.74) is 0. The van der Waals surface area contributed by atoms with Crippen molar-refractivity contribution in [2.75, 3.05) is 18.5 Å². The van der Waals surface area contributed by atoms with Crippen LogP contribution in [-0.4, -0.2) is 22.5 Å². The predicted molar refractivity (Wildman–Crippen MR) is 79.6 cm³/mol. The van der Waals surface area contributed by atoms with E-state index in [1.165, 1.54) is 43.6 Å². The Kier molecular flexibility index (Phi) is 6.04. The molecular weight excluding hydrogens is 258 g/mol. The number of rotatable bonds is 7. The average Bonchev–Trinajstić information content (AvgIpc) is 2.92. The van der Waals surface area contributed by atoms with Gasteiger partial charge in [-0.3, -0.25) is 0 Å². The second-order valence-electron chi connectivity index (χ2n) is 5.16. The van der Waals surface area contributed by atoms with Gasteiger partial charge < -0.3 is 10.1 Å². The van der Waals surface area contributed by atoms with Crippen LogP contribution in [0.4, 0.5) is 5.13 Å². The summed E-state index contributed by atoms with van der Waals surface area (Å²) in [7, 11) is 0. The summed E-state index contributed by atoms with van der Waals surface area (Å²) in [5.74, 6) is 1.49. The normalized spacial score (nSPS) is 18.4. The Labute approximate surface area is 120 Å². The molecular formula is C14H25N3OS. The Balaban J connectivity index is 2.02. The van der Waals surface area contributed by atoms with Gasteiger partial charge in [0.05, 0.1) is 0 Å². The van der Waals surface area contributed by atoms with E-state index in [4.69, 9.17) is 4.74 Å². The van der Waals surface area contributed by atoms with Gasteiger partial charge in [0.2, 0.25) is 5.13 Å². The summed E-state index contributed by atoms with van der Waals surface area (Å²) in [5, 5.41) is 4.23. The molecule has 1 fully saturated rings. The topological polar surface area (TPSA) is 47.0 Å². The van der Waals surface area contributed by atoms with Gasteiger partial charge in [-0.15, -0.1) is 0 Å². The van der Waals surface area contributed by atoms with Crippen LogP contribution in [0.5, 0.6) is 0 Å². The van der Waals surface area contributed by atoms with Gasteiger partial charge in [-0.1, -0.05) is 26.2 Å². The fourth-order valence-corrected chi connectivity index (χ4v) is 3.32. The van der Waals surface area contributed by atoms with E-state index >= 15 is 0 Å². The first kappa shape index (κ1) is 14.7. The molecule has 1 saturated carbocycles.